The summed E-state index contributed by atoms with van der Waals surface area (Å²) in [5, 5.41) is 8.18. The van der Waals surface area contributed by atoms with E-state index in [2.05, 4.69) is 0 Å². The highest BCUT2D eigenvalue weighted by atomic mass is 35.5. The number of carbonyl (C=O) groups is 1. The average molecular weight is 269 g/mol. The number of carboxylic acids is 1. The third kappa shape index (κ3) is 1.43. The number of alkyl halides is 2. The number of aliphatic carboxylic acids is 1. The molecule has 1 aliphatic carbocycles. The average Bonchev–Trinajstić information content (AvgIpc) is 2.78. The van der Waals surface area contributed by atoms with Crippen molar-refractivity contribution in [1.29, 1.82) is 0 Å². The molecule has 17 heavy (non-hydrogen) atoms. The van der Waals surface area contributed by atoms with E-state index in [1.807, 2.05) is 0 Å². The molecule has 2 rings (SSSR count). The molecule has 0 radical (unpaired) electrons. The quantitative estimate of drug-likeness (QED) is 0.661. The molecule has 92 valence electrons. The second-order valence-corrected chi connectivity index (χ2v) is 4.22. The Balaban J connectivity index is 2.70. The number of benzene rings is 1. The van der Waals surface area contributed by atoms with Gasteiger partial charge in [0.1, 0.15) is 11.6 Å². The third-order valence-corrected chi connectivity index (χ3v) is 3.11. The Bertz CT molecular complexity index is 517. The van der Waals surface area contributed by atoms with E-state index in [-0.39, 0.29) is 0 Å². The van der Waals surface area contributed by atoms with E-state index in [0.29, 0.717) is 6.07 Å². The lowest BCUT2D eigenvalue weighted by molar-refractivity contribution is -0.143. The highest BCUT2D eigenvalue weighted by Crippen LogP contribution is 2.62. The molecule has 0 aromatic heterocycles. The van der Waals surface area contributed by atoms with Gasteiger partial charge >= 0.3 is 5.97 Å². The summed E-state index contributed by atoms with van der Waals surface area (Å²) in [4.78, 5) is 10.9. The Labute approximate surface area is 97.8 Å². The van der Waals surface area contributed by atoms with Crippen molar-refractivity contribution in [3.8, 4) is 0 Å². The van der Waals surface area contributed by atoms with Crippen LogP contribution in [0.3, 0.4) is 0 Å². The summed E-state index contributed by atoms with van der Waals surface area (Å²) in [7, 11) is 0. The first-order valence-corrected chi connectivity index (χ1v) is 4.87. The molecule has 2 nitrogen and oxygen atoms in total. The smallest absolute Gasteiger partial charge is 0.320 e. The predicted octanol–water partition coefficient (Wildman–Crippen LogP) is 2.98. The maximum atomic E-state index is 13.5. The monoisotopic (exact) mass is 268 g/mol. The van der Waals surface area contributed by atoms with Crippen molar-refractivity contribution in [1.82, 2.24) is 0 Å². The number of carboxylic acid groups (broad SMARTS) is 1. The molecule has 1 aromatic rings. The molecule has 1 atom stereocenters. The first kappa shape index (κ1) is 12.2. The van der Waals surface area contributed by atoms with E-state index in [1.54, 1.807) is 0 Å². The van der Waals surface area contributed by atoms with Gasteiger partial charge in [0, 0.05) is 12.0 Å². The topological polar surface area (TPSA) is 37.3 Å². The summed E-state index contributed by atoms with van der Waals surface area (Å²) in [6.45, 7) is 0. The van der Waals surface area contributed by atoms with Gasteiger partial charge in [-0.15, -0.1) is 0 Å². The molecule has 1 saturated carbocycles. The van der Waals surface area contributed by atoms with Crippen LogP contribution in [0.25, 0.3) is 0 Å². The Morgan fingerprint density at radius 1 is 1.35 bits per heavy atom. The lowest BCUT2D eigenvalue weighted by Gasteiger charge is -2.14. The maximum absolute atomic E-state index is 13.5. The zero-order valence-corrected chi connectivity index (χ0v) is 8.86. The van der Waals surface area contributed by atoms with Crippen LogP contribution < -0.4 is 0 Å². The molecule has 1 unspecified atom stereocenters. The van der Waals surface area contributed by atoms with Gasteiger partial charge in [0.25, 0.3) is 5.92 Å². The molecule has 1 aliphatic rings. The summed E-state index contributed by atoms with van der Waals surface area (Å²) in [5.41, 5.74) is -4.02. The number of hydrogen-bond donors (Lipinski definition) is 1. The molecule has 0 heterocycles. The molecule has 1 aromatic carbocycles. The van der Waals surface area contributed by atoms with E-state index in [9.17, 15) is 22.4 Å². The second-order valence-electron chi connectivity index (χ2n) is 3.81. The second kappa shape index (κ2) is 3.35. The van der Waals surface area contributed by atoms with Gasteiger partial charge in [-0.2, -0.15) is 0 Å². The fraction of sp³-hybridized carbons (Fsp3) is 0.300. The first-order chi connectivity index (χ1) is 7.74. The van der Waals surface area contributed by atoms with E-state index in [4.69, 9.17) is 16.7 Å². The number of halogens is 5. The highest BCUT2D eigenvalue weighted by molar-refractivity contribution is 6.30. The van der Waals surface area contributed by atoms with Crippen LogP contribution in [-0.2, 0) is 10.2 Å². The van der Waals surface area contributed by atoms with Crippen LogP contribution >= 0.6 is 11.6 Å². The summed E-state index contributed by atoms with van der Waals surface area (Å²) >= 11 is 5.34. The summed E-state index contributed by atoms with van der Waals surface area (Å²) in [5.74, 6) is -8.44. The van der Waals surface area contributed by atoms with Crippen molar-refractivity contribution < 1.29 is 27.5 Å². The Hall–Kier alpha value is -1.30. The Morgan fingerprint density at radius 3 is 2.29 bits per heavy atom. The van der Waals surface area contributed by atoms with E-state index >= 15 is 0 Å². The van der Waals surface area contributed by atoms with E-state index in [1.165, 1.54) is 0 Å². The van der Waals surface area contributed by atoms with Gasteiger partial charge in [-0.25, -0.2) is 17.6 Å². The number of hydrogen-bond acceptors (Lipinski definition) is 1. The zero-order chi connectivity index (χ0) is 13.0. The Kier molecular flexibility index (Phi) is 2.40. The van der Waals surface area contributed by atoms with E-state index < -0.39 is 45.9 Å². The van der Waals surface area contributed by atoms with Gasteiger partial charge in [-0.1, -0.05) is 11.6 Å². The fourth-order valence-electron chi connectivity index (χ4n) is 1.82. The maximum Gasteiger partial charge on any atom is 0.320 e. The minimum absolute atomic E-state index is 0.593. The summed E-state index contributed by atoms with van der Waals surface area (Å²) in [6.07, 6.45) is -1.14. The Morgan fingerprint density at radius 2 is 1.88 bits per heavy atom. The molecule has 0 aliphatic heterocycles. The lowest BCUT2D eigenvalue weighted by Crippen LogP contribution is -2.29. The van der Waals surface area contributed by atoms with Gasteiger partial charge < -0.3 is 5.11 Å². The van der Waals surface area contributed by atoms with Crippen LogP contribution in [0.5, 0.6) is 0 Å². The van der Waals surface area contributed by atoms with Gasteiger partial charge in [0.05, 0.1) is 5.02 Å². The first-order valence-electron chi connectivity index (χ1n) is 4.49. The molecule has 0 bridgehead atoms. The molecule has 0 spiro atoms. The molecule has 0 amide bonds. The van der Waals surface area contributed by atoms with Gasteiger partial charge in [0.15, 0.2) is 5.41 Å². The molecule has 0 saturated heterocycles. The van der Waals surface area contributed by atoms with Crippen molar-refractivity contribution in [3.63, 3.8) is 0 Å². The normalized spacial score (nSPS) is 25.7. The van der Waals surface area contributed by atoms with Crippen LogP contribution in [0.1, 0.15) is 12.0 Å². The molecule has 1 N–H and O–H groups in total. The van der Waals surface area contributed by atoms with Gasteiger partial charge in [-0.3, -0.25) is 4.79 Å². The predicted molar refractivity (Wildman–Crippen MR) is 50.2 cm³/mol. The van der Waals surface area contributed by atoms with Crippen molar-refractivity contribution in [3.05, 3.63) is 34.4 Å². The molecular formula is C10H5ClF4O2. The minimum Gasteiger partial charge on any atom is -0.480 e. The third-order valence-electron chi connectivity index (χ3n) is 2.82. The fourth-order valence-corrected chi connectivity index (χ4v) is 1.97. The van der Waals surface area contributed by atoms with Crippen LogP contribution in [0.2, 0.25) is 5.02 Å². The summed E-state index contributed by atoms with van der Waals surface area (Å²) in [6, 6.07) is 1.51. The van der Waals surface area contributed by atoms with Crippen LogP contribution in [0, 0.1) is 11.6 Å². The van der Waals surface area contributed by atoms with Crippen molar-refractivity contribution in [2.75, 3.05) is 0 Å². The van der Waals surface area contributed by atoms with Gasteiger partial charge in [-0.05, 0) is 12.1 Å². The highest BCUT2D eigenvalue weighted by Gasteiger charge is 2.79. The van der Waals surface area contributed by atoms with E-state index in [0.717, 1.165) is 6.07 Å². The lowest BCUT2D eigenvalue weighted by atomic mass is 9.94. The van der Waals surface area contributed by atoms with Crippen molar-refractivity contribution in [2.45, 2.75) is 17.8 Å². The molecular weight excluding hydrogens is 264 g/mol. The van der Waals surface area contributed by atoms with Crippen molar-refractivity contribution >= 4 is 17.6 Å². The number of rotatable bonds is 2. The van der Waals surface area contributed by atoms with Crippen LogP contribution in [0.4, 0.5) is 17.6 Å². The van der Waals surface area contributed by atoms with Gasteiger partial charge in [0.2, 0.25) is 0 Å². The van der Waals surface area contributed by atoms with Crippen LogP contribution in [-0.4, -0.2) is 17.0 Å². The zero-order valence-electron chi connectivity index (χ0n) is 8.11. The van der Waals surface area contributed by atoms with Crippen molar-refractivity contribution in [2.24, 2.45) is 0 Å². The molecule has 7 heteroatoms. The standard InChI is InChI=1S/C10H5ClF4O2/c11-4-1-2-5(12)6(7(4)13)9(8(16)17)3-10(9,14)15/h1-2H,3H2,(H,16,17). The SMILES string of the molecule is O=C(O)C1(c2c(F)ccc(Cl)c2F)CC1(F)F. The largest absolute Gasteiger partial charge is 0.480 e. The minimum atomic E-state index is -3.68. The van der Waals surface area contributed by atoms with Crippen LogP contribution in [0.15, 0.2) is 12.1 Å². The molecule has 1 fully saturated rings. The summed E-state index contributed by atoms with van der Waals surface area (Å²) < 4.78 is 53.2.